The van der Waals surface area contributed by atoms with Crippen molar-refractivity contribution < 1.29 is 0 Å². The highest BCUT2D eigenvalue weighted by atomic mass is 14.7. The highest BCUT2D eigenvalue weighted by Crippen LogP contribution is 2.20. The standard InChI is InChI=1S/C14H16N2/c1-10-5-6-12(8-11(10)2)14(15)13-4-3-7-16-9-13/h3-9,14H,15H2,1-2H3/t14-/m0/s1. The van der Waals surface area contributed by atoms with Crippen molar-refractivity contribution in [1.82, 2.24) is 4.98 Å². The molecule has 0 aliphatic rings. The zero-order valence-electron chi connectivity index (χ0n) is 9.64. The third-order valence-electron chi connectivity index (χ3n) is 2.93. The lowest BCUT2D eigenvalue weighted by molar-refractivity contribution is 0.860. The Balaban J connectivity index is 2.34. The third-order valence-corrected chi connectivity index (χ3v) is 2.93. The van der Waals surface area contributed by atoms with Crippen LogP contribution in [-0.4, -0.2) is 4.98 Å². The Morgan fingerprint density at radius 3 is 2.50 bits per heavy atom. The van der Waals surface area contributed by atoms with Gasteiger partial charge in [0.25, 0.3) is 0 Å². The van der Waals surface area contributed by atoms with Crippen LogP contribution in [0.3, 0.4) is 0 Å². The van der Waals surface area contributed by atoms with Crippen LogP contribution in [-0.2, 0) is 0 Å². The third kappa shape index (κ3) is 2.12. The Hall–Kier alpha value is -1.67. The van der Waals surface area contributed by atoms with Crippen molar-refractivity contribution in [1.29, 1.82) is 0 Å². The minimum absolute atomic E-state index is 0.0898. The van der Waals surface area contributed by atoms with Crippen molar-refractivity contribution in [2.45, 2.75) is 19.9 Å². The Kier molecular flexibility index (Phi) is 3.02. The van der Waals surface area contributed by atoms with Gasteiger partial charge in [-0.2, -0.15) is 0 Å². The van der Waals surface area contributed by atoms with E-state index in [4.69, 9.17) is 5.73 Å². The molecular weight excluding hydrogens is 196 g/mol. The summed E-state index contributed by atoms with van der Waals surface area (Å²) in [5.41, 5.74) is 10.9. The predicted octanol–water partition coefficient (Wildman–Crippen LogP) is 2.75. The number of pyridine rings is 1. The van der Waals surface area contributed by atoms with E-state index in [1.165, 1.54) is 11.1 Å². The van der Waals surface area contributed by atoms with Crippen molar-refractivity contribution in [3.05, 3.63) is 65.0 Å². The monoisotopic (exact) mass is 212 g/mol. The van der Waals surface area contributed by atoms with Crippen LogP contribution in [0.25, 0.3) is 0 Å². The minimum atomic E-state index is -0.0898. The van der Waals surface area contributed by atoms with Crippen LogP contribution in [0.4, 0.5) is 0 Å². The lowest BCUT2D eigenvalue weighted by atomic mass is 9.97. The zero-order chi connectivity index (χ0) is 11.5. The number of benzene rings is 1. The maximum atomic E-state index is 6.20. The summed E-state index contributed by atoms with van der Waals surface area (Å²) >= 11 is 0. The molecule has 0 aliphatic heterocycles. The van der Waals surface area contributed by atoms with Gasteiger partial charge in [0.2, 0.25) is 0 Å². The number of hydrogen-bond acceptors (Lipinski definition) is 2. The highest BCUT2D eigenvalue weighted by Gasteiger charge is 2.09. The predicted molar refractivity (Wildman–Crippen MR) is 66.2 cm³/mol. The van der Waals surface area contributed by atoms with Gasteiger partial charge in [0.05, 0.1) is 6.04 Å². The molecule has 16 heavy (non-hydrogen) atoms. The maximum Gasteiger partial charge on any atom is 0.0567 e. The van der Waals surface area contributed by atoms with E-state index in [9.17, 15) is 0 Å². The first kappa shape index (κ1) is 10.8. The van der Waals surface area contributed by atoms with E-state index in [2.05, 4.69) is 37.0 Å². The fourth-order valence-electron chi connectivity index (χ4n) is 1.71. The zero-order valence-corrected chi connectivity index (χ0v) is 9.64. The van der Waals surface area contributed by atoms with Gasteiger partial charge in [-0.05, 0) is 42.2 Å². The van der Waals surface area contributed by atoms with Crippen LogP contribution in [0.5, 0.6) is 0 Å². The molecule has 0 unspecified atom stereocenters. The first-order chi connectivity index (χ1) is 7.68. The number of aryl methyl sites for hydroxylation is 2. The molecular formula is C14H16N2. The molecule has 2 nitrogen and oxygen atoms in total. The van der Waals surface area contributed by atoms with Gasteiger partial charge in [-0.15, -0.1) is 0 Å². The number of rotatable bonds is 2. The molecule has 1 heterocycles. The van der Waals surface area contributed by atoms with Crippen molar-refractivity contribution in [2.75, 3.05) is 0 Å². The molecule has 0 fully saturated rings. The smallest absolute Gasteiger partial charge is 0.0567 e. The average Bonchev–Trinajstić information content (AvgIpc) is 2.33. The highest BCUT2D eigenvalue weighted by molar-refractivity contribution is 5.35. The molecule has 0 spiro atoms. The van der Waals surface area contributed by atoms with Gasteiger partial charge in [0.1, 0.15) is 0 Å². The van der Waals surface area contributed by atoms with Crippen molar-refractivity contribution in [3.8, 4) is 0 Å². The number of nitrogens with two attached hydrogens (primary N) is 1. The van der Waals surface area contributed by atoms with Gasteiger partial charge in [-0.25, -0.2) is 0 Å². The molecule has 2 rings (SSSR count). The minimum Gasteiger partial charge on any atom is -0.320 e. The second kappa shape index (κ2) is 4.45. The molecule has 2 N–H and O–H groups in total. The quantitative estimate of drug-likeness (QED) is 0.831. The van der Waals surface area contributed by atoms with Gasteiger partial charge in [-0.3, -0.25) is 4.98 Å². The average molecular weight is 212 g/mol. The number of hydrogen-bond donors (Lipinski definition) is 1. The molecule has 82 valence electrons. The summed E-state index contributed by atoms with van der Waals surface area (Å²) in [6, 6.07) is 10.2. The van der Waals surface area contributed by atoms with Crippen LogP contribution in [0.15, 0.2) is 42.7 Å². The Labute approximate surface area is 96.1 Å². The van der Waals surface area contributed by atoms with E-state index in [0.29, 0.717) is 0 Å². The molecule has 0 saturated heterocycles. The van der Waals surface area contributed by atoms with Gasteiger partial charge >= 0.3 is 0 Å². The fraction of sp³-hybridized carbons (Fsp3) is 0.214. The number of nitrogens with zero attached hydrogens (tertiary/aromatic N) is 1. The van der Waals surface area contributed by atoms with E-state index < -0.39 is 0 Å². The summed E-state index contributed by atoms with van der Waals surface area (Å²) in [6.07, 6.45) is 3.58. The second-order valence-corrected chi connectivity index (χ2v) is 4.11. The second-order valence-electron chi connectivity index (χ2n) is 4.11. The lowest BCUT2D eigenvalue weighted by Crippen LogP contribution is -2.12. The van der Waals surface area contributed by atoms with Crippen molar-refractivity contribution >= 4 is 0 Å². The van der Waals surface area contributed by atoms with Crippen LogP contribution >= 0.6 is 0 Å². The van der Waals surface area contributed by atoms with E-state index >= 15 is 0 Å². The van der Waals surface area contributed by atoms with Gasteiger partial charge in [0, 0.05) is 12.4 Å². The maximum absolute atomic E-state index is 6.20. The summed E-state index contributed by atoms with van der Waals surface area (Å²) < 4.78 is 0. The molecule has 2 heteroatoms. The summed E-state index contributed by atoms with van der Waals surface area (Å²) in [5.74, 6) is 0. The first-order valence-corrected chi connectivity index (χ1v) is 5.41. The molecule has 0 amide bonds. The normalized spacial score (nSPS) is 12.4. The molecule has 0 saturated carbocycles. The van der Waals surface area contributed by atoms with E-state index in [0.717, 1.165) is 11.1 Å². The van der Waals surface area contributed by atoms with Gasteiger partial charge in [0.15, 0.2) is 0 Å². The van der Waals surface area contributed by atoms with E-state index in [-0.39, 0.29) is 6.04 Å². The Bertz CT molecular complexity index is 477. The topological polar surface area (TPSA) is 38.9 Å². The summed E-state index contributed by atoms with van der Waals surface area (Å²) in [4.78, 5) is 4.09. The molecule has 0 radical (unpaired) electrons. The molecule has 1 atom stereocenters. The first-order valence-electron chi connectivity index (χ1n) is 5.41. The van der Waals surface area contributed by atoms with Gasteiger partial charge < -0.3 is 5.73 Å². The lowest BCUT2D eigenvalue weighted by Gasteiger charge is -2.13. The Morgan fingerprint density at radius 1 is 1.06 bits per heavy atom. The van der Waals surface area contributed by atoms with Crippen LogP contribution in [0.1, 0.15) is 28.3 Å². The fourth-order valence-corrected chi connectivity index (χ4v) is 1.71. The van der Waals surface area contributed by atoms with Gasteiger partial charge in [-0.1, -0.05) is 24.3 Å². The summed E-state index contributed by atoms with van der Waals surface area (Å²) in [7, 11) is 0. The molecule has 1 aromatic heterocycles. The summed E-state index contributed by atoms with van der Waals surface area (Å²) in [5, 5.41) is 0. The van der Waals surface area contributed by atoms with E-state index in [1.807, 2.05) is 18.3 Å². The van der Waals surface area contributed by atoms with Crippen LogP contribution in [0.2, 0.25) is 0 Å². The summed E-state index contributed by atoms with van der Waals surface area (Å²) in [6.45, 7) is 4.21. The molecule has 0 bridgehead atoms. The van der Waals surface area contributed by atoms with E-state index in [1.54, 1.807) is 6.20 Å². The Morgan fingerprint density at radius 2 is 1.88 bits per heavy atom. The van der Waals surface area contributed by atoms with Crippen molar-refractivity contribution in [2.24, 2.45) is 5.73 Å². The van der Waals surface area contributed by atoms with Crippen LogP contribution in [0, 0.1) is 13.8 Å². The SMILES string of the molecule is Cc1ccc([C@H](N)c2cccnc2)cc1C. The molecule has 1 aromatic carbocycles. The number of aromatic nitrogens is 1. The van der Waals surface area contributed by atoms with Crippen LogP contribution < -0.4 is 5.73 Å². The molecule has 2 aromatic rings. The molecule has 0 aliphatic carbocycles. The van der Waals surface area contributed by atoms with Crippen molar-refractivity contribution in [3.63, 3.8) is 0 Å². The largest absolute Gasteiger partial charge is 0.320 e.